The summed E-state index contributed by atoms with van der Waals surface area (Å²) in [4.78, 5) is 25.2. The van der Waals surface area contributed by atoms with Crippen LogP contribution in [0, 0.1) is 5.41 Å². The molecule has 120 valence electrons. The maximum atomic E-state index is 12.3. The van der Waals surface area contributed by atoms with E-state index in [1.165, 1.54) is 5.56 Å². The summed E-state index contributed by atoms with van der Waals surface area (Å²) in [5.41, 5.74) is 0.345. The fraction of sp³-hybridized carbons (Fsp3) is 0.529. The topological polar surface area (TPSA) is 69.6 Å². The Labute approximate surface area is 131 Å². The number of benzene rings is 1. The van der Waals surface area contributed by atoms with E-state index >= 15 is 0 Å². The Morgan fingerprint density at radius 1 is 1.27 bits per heavy atom. The molecule has 1 aliphatic rings. The van der Waals surface area contributed by atoms with Crippen molar-refractivity contribution in [3.05, 3.63) is 35.9 Å². The highest BCUT2D eigenvalue weighted by atomic mass is 16.4. The molecular weight excluding hydrogens is 280 g/mol. The molecule has 22 heavy (non-hydrogen) atoms. The van der Waals surface area contributed by atoms with Gasteiger partial charge in [-0.05, 0) is 25.8 Å². The van der Waals surface area contributed by atoms with Gasteiger partial charge < -0.3 is 15.3 Å². The number of urea groups is 1. The zero-order valence-electron chi connectivity index (χ0n) is 13.4. The lowest BCUT2D eigenvalue weighted by Crippen LogP contribution is -2.45. The van der Waals surface area contributed by atoms with Gasteiger partial charge in [0.2, 0.25) is 0 Å². The van der Waals surface area contributed by atoms with Gasteiger partial charge >= 0.3 is 12.0 Å². The van der Waals surface area contributed by atoms with Gasteiger partial charge in [0.15, 0.2) is 0 Å². The van der Waals surface area contributed by atoms with Gasteiger partial charge in [-0.25, -0.2) is 4.79 Å². The standard InChI is InChI=1S/C17H24N2O3/c1-12(14-7-5-4-6-8-14)13(2)18-16(22)19-10-9-17(3,11-19)15(20)21/h4-8,12-13H,9-11H2,1-3H3,(H,18,22)(H,20,21). The molecule has 5 heteroatoms. The van der Waals surface area contributed by atoms with Gasteiger partial charge in [0, 0.05) is 25.0 Å². The Morgan fingerprint density at radius 3 is 2.45 bits per heavy atom. The van der Waals surface area contributed by atoms with E-state index < -0.39 is 11.4 Å². The molecule has 1 aromatic rings. The molecule has 1 heterocycles. The number of rotatable bonds is 4. The van der Waals surface area contributed by atoms with Crippen LogP contribution in [0.3, 0.4) is 0 Å². The van der Waals surface area contributed by atoms with Crippen molar-refractivity contribution in [1.29, 1.82) is 0 Å². The minimum absolute atomic E-state index is 0.0217. The van der Waals surface area contributed by atoms with Gasteiger partial charge in [-0.1, -0.05) is 37.3 Å². The Balaban J connectivity index is 1.94. The average molecular weight is 304 g/mol. The van der Waals surface area contributed by atoms with Crippen LogP contribution in [0.4, 0.5) is 4.79 Å². The van der Waals surface area contributed by atoms with Crippen LogP contribution in [0.2, 0.25) is 0 Å². The maximum absolute atomic E-state index is 12.3. The number of nitrogens with zero attached hydrogens (tertiary/aromatic N) is 1. The SMILES string of the molecule is CC(NC(=O)N1CCC(C)(C(=O)O)C1)C(C)c1ccccc1. The van der Waals surface area contributed by atoms with Crippen molar-refractivity contribution in [2.24, 2.45) is 5.41 Å². The molecule has 3 unspecified atom stereocenters. The molecule has 0 bridgehead atoms. The normalized spacial score (nSPS) is 23.9. The first kappa shape index (κ1) is 16.3. The first-order valence-electron chi connectivity index (χ1n) is 7.67. The van der Waals surface area contributed by atoms with Gasteiger partial charge in [-0.3, -0.25) is 4.79 Å². The predicted octanol–water partition coefficient (Wildman–Crippen LogP) is 2.68. The molecule has 2 rings (SSSR count). The molecule has 1 aliphatic heterocycles. The Hall–Kier alpha value is -2.04. The van der Waals surface area contributed by atoms with Crippen molar-refractivity contribution < 1.29 is 14.7 Å². The second kappa shape index (κ2) is 6.38. The molecule has 1 aromatic carbocycles. The zero-order valence-corrected chi connectivity index (χ0v) is 13.4. The van der Waals surface area contributed by atoms with Crippen molar-refractivity contribution in [2.45, 2.75) is 39.2 Å². The van der Waals surface area contributed by atoms with E-state index in [0.29, 0.717) is 13.0 Å². The predicted molar refractivity (Wildman–Crippen MR) is 84.8 cm³/mol. The third-order valence-electron chi connectivity index (χ3n) is 4.70. The fourth-order valence-electron chi connectivity index (χ4n) is 2.77. The Kier molecular flexibility index (Phi) is 4.74. The third kappa shape index (κ3) is 3.40. The smallest absolute Gasteiger partial charge is 0.317 e. The number of amides is 2. The van der Waals surface area contributed by atoms with E-state index in [2.05, 4.69) is 12.2 Å². The number of carbonyl (C=O) groups is 2. The molecule has 1 fully saturated rings. The lowest BCUT2D eigenvalue weighted by Gasteiger charge is -2.26. The lowest BCUT2D eigenvalue weighted by atomic mass is 9.90. The second-order valence-corrected chi connectivity index (χ2v) is 6.47. The van der Waals surface area contributed by atoms with Gasteiger partial charge in [0.25, 0.3) is 0 Å². The van der Waals surface area contributed by atoms with E-state index in [1.54, 1.807) is 11.8 Å². The van der Waals surface area contributed by atoms with Crippen molar-refractivity contribution in [2.75, 3.05) is 13.1 Å². The van der Waals surface area contributed by atoms with E-state index in [4.69, 9.17) is 0 Å². The highest BCUT2D eigenvalue weighted by Crippen LogP contribution is 2.30. The number of hydrogen-bond donors (Lipinski definition) is 2. The highest BCUT2D eigenvalue weighted by molar-refractivity contribution is 5.79. The van der Waals surface area contributed by atoms with Gasteiger partial charge in [0.05, 0.1) is 5.41 Å². The summed E-state index contributed by atoms with van der Waals surface area (Å²) in [6.07, 6.45) is 0.498. The first-order valence-corrected chi connectivity index (χ1v) is 7.67. The van der Waals surface area contributed by atoms with Crippen LogP contribution in [0.1, 0.15) is 38.7 Å². The number of carbonyl (C=O) groups excluding carboxylic acids is 1. The number of hydrogen-bond acceptors (Lipinski definition) is 2. The summed E-state index contributed by atoms with van der Waals surface area (Å²) in [7, 11) is 0. The number of carboxylic acids is 1. The minimum Gasteiger partial charge on any atom is -0.481 e. The summed E-state index contributed by atoms with van der Waals surface area (Å²) in [5, 5.41) is 12.2. The zero-order chi connectivity index (χ0) is 16.3. The Bertz CT molecular complexity index is 546. The van der Waals surface area contributed by atoms with Crippen LogP contribution in [-0.4, -0.2) is 41.1 Å². The van der Waals surface area contributed by atoms with Crippen LogP contribution in [0.25, 0.3) is 0 Å². The van der Waals surface area contributed by atoms with Crippen LogP contribution in [-0.2, 0) is 4.79 Å². The van der Waals surface area contributed by atoms with Crippen LogP contribution in [0.15, 0.2) is 30.3 Å². The quantitative estimate of drug-likeness (QED) is 0.898. The monoisotopic (exact) mass is 304 g/mol. The third-order valence-corrected chi connectivity index (χ3v) is 4.70. The highest BCUT2D eigenvalue weighted by Gasteiger charge is 2.42. The van der Waals surface area contributed by atoms with E-state index in [9.17, 15) is 14.7 Å². The lowest BCUT2D eigenvalue weighted by molar-refractivity contribution is -0.146. The molecule has 0 saturated carbocycles. The largest absolute Gasteiger partial charge is 0.481 e. The van der Waals surface area contributed by atoms with Crippen LogP contribution >= 0.6 is 0 Å². The van der Waals surface area contributed by atoms with Gasteiger partial charge in [0.1, 0.15) is 0 Å². The molecule has 2 amide bonds. The Morgan fingerprint density at radius 2 is 1.91 bits per heavy atom. The van der Waals surface area contributed by atoms with E-state index in [-0.39, 0.29) is 24.5 Å². The number of nitrogens with one attached hydrogen (secondary N) is 1. The maximum Gasteiger partial charge on any atom is 0.317 e. The molecular formula is C17H24N2O3. The van der Waals surface area contributed by atoms with Crippen molar-refractivity contribution in [1.82, 2.24) is 10.2 Å². The number of aliphatic carboxylic acids is 1. The average Bonchev–Trinajstić information content (AvgIpc) is 2.91. The van der Waals surface area contributed by atoms with E-state index in [1.807, 2.05) is 37.3 Å². The molecule has 5 nitrogen and oxygen atoms in total. The summed E-state index contributed by atoms with van der Waals surface area (Å²) in [6.45, 7) is 6.49. The fourth-order valence-corrected chi connectivity index (χ4v) is 2.77. The van der Waals surface area contributed by atoms with Crippen LogP contribution in [0.5, 0.6) is 0 Å². The molecule has 2 N–H and O–H groups in total. The molecule has 0 aromatic heterocycles. The molecule has 1 saturated heterocycles. The van der Waals surface area contributed by atoms with Crippen LogP contribution < -0.4 is 5.32 Å². The van der Waals surface area contributed by atoms with E-state index in [0.717, 1.165) is 0 Å². The molecule has 0 aliphatic carbocycles. The molecule has 3 atom stereocenters. The number of carboxylic acid groups (broad SMARTS) is 1. The summed E-state index contributed by atoms with van der Waals surface area (Å²) < 4.78 is 0. The second-order valence-electron chi connectivity index (χ2n) is 6.47. The first-order chi connectivity index (χ1) is 10.3. The summed E-state index contributed by atoms with van der Waals surface area (Å²) in [6, 6.07) is 9.83. The minimum atomic E-state index is -0.839. The number of likely N-dealkylation sites (tertiary alicyclic amines) is 1. The summed E-state index contributed by atoms with van der Waals surface area (Å²) in [5.74, 6) is -0.646. The van der Waals surface area contributed by atoms with Gasteiger partial charge in [-0.2, -0.15) is 0 Å². The summed E-state index contributed by atoms with van der Waals surface area (Å²) >= 11 is 0. The van der Waals surface area contributed by atoms with Crippen molar-refractivity contribution in [3.8, 4) is 0 Å². The van der Waals surface area contributed by atoms with Crippen molar-refractivity contribution in [3.63, 3.8) is 0 Å². The molecule has 0 spiro atoms. The van der Waals surface area contributed by atoms with Gasteiger partial charge in [-0.15, -0.1) is 0 Å². The molecule has 0 radical (unpaired) electrons. The van der Waals surface area contributed by atoms with Crippen molar-refractivity contribution >= 4 is 12.0 Å².